The topological polar surface area (TPSA) is 57.6 Å². The Bertz CT molecular complexity index is 460. The van der Waals surface area contributed by atoms with E-state index in [1.807, 2.05) is 22.6 Å². The minimum Gasteiger partial charge on any atom is -0.480 e. The molecule has 1 rings (SSSR count). The molecule has 1 amide bonds. The largest absolute Gasteiger partial charge is 0.480 e. The van der Waals surface area contributed by atoms with Crippen molar-refractivity contribution in [1.29, 1.82) is 0 Å². The van der Waals surface area contributed by atoms with Gasteiger partial charge >= 0.3 is 12.1 Å². The second kappa shape index (κ2) is 5.87. The number of amides is 1. The zero-order chi connectivity index (χ0) is 13.9. The smallest absolute Gasteiger partial charge is 0.406 e. The summed E-state index contributed by atoms with van der Waals surface area (Å²) in [5.74, 6) is -2.42. The van der Waals surface area contributed by atoms with Crippen molar-refractivity contribution in [3.63, 3.8) is 0 Å². The van der Waals surface area contributed by atoms with Crippen LogP contribution in [0, 0.1) is 2.88 Å². The van der Waals surface area contributed by atoms with Crippen LogP contribution in [0.5, 0.6) is 0 Å². The number of rotatable bonds is 4. The van der Waals surface area contributed by atoms with Crippen LogP contribution in [0.15, 0.2) is 11.4 Å². The van der Waals surface area contributed by atoms with Gasteiger partial charge in [-0.1, -0.05) is 0 Å². The Morgan fingerprint density at radius 2 is 2.06 bits per heavy atom. The van der Waals surface area contributed by atoms with E-state index in [0.29, 0.717) is 0 Å². The van der Waals surface area contributed by atoms with Crippen LogP contribution in [-0.4, -0.2) is 41.1 Å². The molecule has 0 saturated heterocycles. The van der Waals surface area contributed by atoms with E-state index in [-0.39, 0.29) is 10.5 Å². The fourth-order valence-electron chi connectivity index (χ4n) is 1.18. The molecule has 9 heteroatoms. The molecule has 1 aromatic heterocycles. The lowest BCUT2D eigenvalue weighted by Gasteiger charge is -2.21. The highest BCUT2D eigenvalue weighted by Gasteiger charge is 2.34. The highest BCUT2D eigenvalue weighted by atomic mass is 127. The molecule has 0 aliphatic carbocycles. The van der Waals surface area contributed by atoms with E-state index in [2.05, 4.69) is 0 Å². The van der Waals surface area contributed by atoms with Crippen molar-refractivity contribution in [1.82, 2.24) is 4.90 Å². The van der Waals surface area contributed by atoms with Crippen LogP contribution in [-0.2, 0) is 4.79 Å². The van der Waals surface area contributed by atoms with Gasteiger partial charge in [-0.05, 0) is 28.7 Å². The van der Waals surface area contributed by atoms with E-state index in [4.69, 9.17) is 5.11 Å². The van der Waals surface area contributed by atoms with Gasteiger partial charge in [-0.25, -0.2) is 0 Å². The van der Waals surface area contributed by atoms with Gasteiger partial charge in [-0.3, -0.25) is 9.59 Å². The molecule has 0 radical (unpaired) electrons. The number of aliphatic carboxylic acids is 1. The monoisotopic (exact) mass is 393 g/mol. The minimum atomic E-state index is -4.63. The highest BCUT2D eigenvalue weighted by Crippen LogP contribution is 2.21. The molecule has 0 unspecified atom stereocenters. The molecule has 0 atom stereocenters. The first kappa shape index (κ1) is 15.2. The van der Waals surface area contributed by atoms with Crippen molar-refractivity contribution < 1.29 is 27.9 Å². The lowest BCUT2D eigenvalue weighted by molar-refractivity contribution is -0.149. The third kappa shape index (κ3) is 4.80. The zero-order valence-corrected chi connectivity index (χ0v) is 11.7. The number of hydrogen-bond acceptors (Lipinski definition) is 3. The Morgan fingerprint density at radius 1 is 1.44 bits per heavy atom. The quantitative estimate of drug-likeness (QED) is 0.800. The molecular weight excluding hydrogens is 386 g/mol. The molecule has 1 N–H and O–H groups in total. The van der Waals surface area contributed by atoms with Crippen molar-refractivity contribution >= 4 is 45.8 Å². The summed E-state index contributed by atoms with van der Waals surface area (Å²) >= 11 is 3.12. The third-order valence-corrected chi connectivity index (χ3v) is 3.59. The number of thiophene rings is 1. The summed E-state index contributed by atoms with van der Waals surface area (Å²) in [6, 6.07) is 1.42. The molecule has 1 aromatic rings. The lowest BCUT2D eigenvalue weighted by Crippen LogP contribution is -2.41. The number of carboxylic acid groups (broad SMARTS) is 1. The Balaban J connectivity index is 2.88. The summed E-state index contributed by atoms with van der Waals surface area (Å²) in [5, 5.41) is 9.92. The van der Waals surface area contributed by atoms with Gasteiger partial charge in [0, 0.05) is 5.38 Å². The fraction of sp³-hybridized carbons (Fsp3) is 0.333. The molecule has 18 heavy (non-hydrogen) atoms. The van der Waals surface area contributed by atoms with Crippen LogP contribution in [0.25, 0.3) is 0 Å². The maximum atomic E-state index is 12.3. The fourth-order valence-corrected chi connectivity index (χ4v) is 2.50. The van der Waals surface area contributed by atoms with Gasteiger partial charge in [0.25, 0.3) is 5.91 Å². The normalized spacial score (nSPS) is 11.3. The van der Waals surface area contributed by atoms with E-state index in [0.717, 1.165) is 2.88 Å². The lowest BCUT2D eigenvalue weighted by atomic mass is 10.3. The van der Waals surface area contributed by atoms with Gasteiger partial charge in [0.1, 0.15) is 13.1 Å². The molecule has 0 aromatic carbocycles. The Kier molecular flexibility index (Phi) is 4.96. The molecule has 0 saturated carbocycles. The first-order chi connectivity index (χ1) is 8.19. The molecule has 0 bridgehead atoms. The standard InChI is InChI=1S/C9H7F3INO3S/c10-9(11,12)4-14(2-7(15)16)8(17)5-1-6(13)18-3-5/h1,3H,2,4H2,(H,15,16). The second-order valence-corrected chi connectivity index (χ2v) is 6.12. The average Bonchev–Trinajstić information content (AvgIpc) is 2.59. The second-order valence-electron chi connectivity index (χ2n) is 3.31. The van der Waals surface area contributed by atoms with Crippen LogP contribution < -0.4 is 0 Å². The number of halogens is 4. The Labute approximate surface area is 118 Å². The third-order valence-electron chi connectivity index (χ3n) is 1.80. The number of nitrogens with zero attached hydrogens (tertiary/aromatic N) is 1. The van der Waals surface area contributed by atoms with Crippen LogP contribution in [0.1, 0.15) is 10.4 Å². The molecule has 0 spiro atoms. The van der Waals surface area contributed by atoms with Crippen molar-refractivity contribution in [3.05, 3.63) is 19.9 Å². The predicted octanol–water partition coefficient (Wildman–Crippen LogP) is 2.44. The Morgan fingerprint density at radius 3 is 2.44 bits per heavy atom. The van der Waals surface area contributed by atoms with Gasteiger partial charge in [0.15, 0.2) is 0 Å². The number of hydrogen-bond donors (Lipinski definition) is 1. The van der Waals surface area contributed by atoms with Crippen LogP contribution in [0.2, 0.25) is 0 Å². The number of carbonyl (C=O) groups excluding carboxylic acids is 1. The highest BCUT2D eigenvalue weighted by molar-refractivity contribution is 14.1. The summed E-state index contributed by atoms with van der Waals surface area (Å²) < 4.78 is 37.5. The van der Waals surface area contributed by atoms with Crippen LogP contribution in [0.4, 0.5) is 13.2 Å². The van der Waals surface area contributed by atoms with Gasteiger partial charge in [0.05, 0.1) is 8.45 Å². The predicted molar refractivity (Wildman–Crippen MR) is 66.6 cm³/mol. The summed E-state index contributed by atoms with van der Waals surface area (Å²) in [6.07, 6.45) is -4.63. The maximum absolute atomic E-state index is 12.3. The van der Waals surface area contributed by atoms with Gasteiger partial charge in [-0.15, -0.1) is 11.3 Å². The van der Waals surface area contributed by atoms with Crippen molar-refractivity contribution in [2.75, 3.05) is 13.1 Å². The molecule has 1 heterocycles. The molecular formula is C9H7F3INO3S. The number of alkyl halides is 3. The van der Waals surface area contributed by atoms with E-state index in [1.54, 1.807) is 0 Å². The SMILES string of the molecule is O=C(O)CN(CC(F)(F)F)C(=O)c1csc(I)c1. The van der Waals surface area contributed by atoms with Gasteiger partial charge in [-0.2, -0.15) is 13.2 Å². The summed E-state index contributed by atoms with van der Waals surface area (Å²) in [6.45, 7) is -2.56. The summed E-state index contributed by atoms with van der Waals surface area (Å²) in [5.41, 5.74) is 0.0647. The zero-order valence-electron chi connectivity index (χ0n) is 8.70. The molecule has 0 fully saturated rings. The maximum Gasteiger partial charge on any atom is 0.406 e. The van der Waals surface area contributed by atoms with Crippen molar-refractivity contribution in [2.24, 2.45) is 0 Å². The van der Waals surface area contributed by atoms with Gasteiger partial charge in [0.2, 0.25) is 0 Å². The van der Waals surface area contributed by atoms with Crippen LogP contribution >= 0.6 is 33.9 Å². The summed E-state index contributed by atoms with van der Waals surface area (Å²) in [7, 11) is 0. The summed E-state index contributed by atoms with van der Waals surface area (Å²) in [4.78, 5) is 22.5. The molecule has 0 aliphatic heterocycles. The molecule has 4 nitrogen and oxygen atoms in total. The first-order valence-electron chi connectivity index (χ1n) is 4.51. The van der Waals surface area contributed by atoms with E-state index in [9.17, 15) is 22.8 Å². The molecule has 0 aliphatic rings. The van der Waals surface area contributed by atoms with E-state index < -0.39 is 31.1 Å². The van der Waals surface area contributed by atoms with E-state index >= 15 is 0 Å². The number of carbonyl (C=O) groups is 2. The Hall–Kier alpha value is -0.840. The van der Waals surface area contributed by atoms with Crippen molar-refractivity contribution in [3.8, 4) is 0 Å². The number of carboxylic acids is 1. The molecule has 100 valence electrons. The average molecular weight is 393 g/mol. The minimum absolute atomic E-state index is 0.0647. The van der Waals surface area contributed by atoms with Crippen LogP contribution in [0.3, 0.4) is 0 Å². The van der Waals surface area contributed by atoms with Crippen molar-refractivity contribution in [2.45, 2.75) is 6.18 Å². The van der Waals surface area contributed by atoms with E-state index in [1.165, 1.54) is 22.8 Å². The van der Waals surface area contributed by atoms with Gasteiger partial charge < -0.3 is 10.0 Å². The first-order valence-corrected chi connectivity index (χ1v) is 6.47.